The van der Waals surface area contributed by atoms with Gasteiger partial charge in [0.2, 0.25) is 5.91 Å². The number of morpholine rings is 1. The fraction of sp³-hybridized carbons (Fsp3) is 0.917. The molecule has 1 fully saturated rings. The van der Waals surface area contributed by atoms with Crippen molar-refractivity contribution in [2.45, 2.75) is 18.6 Å². The highest BCUT2D eigenvalue weighted by atomic mass is 35.5. The van der Waals surface area contributed by atoms with Crippen LogP contribution in [0.3, 0.4) is 0 Å². The molecule has 7 heteroatoms. The number of carbonyl (C=O) groups excluding carboxylic acids is 1. The van der Waals surface area contributed by atoms with Gasteiger partial charge in [0, 0.05) is 19.6 Å². The second-order valence-corrected chi connectivity index (χ2v) is 5.91. The van der Waals surface area contributed by atoms with Gasteiger partial charge < -0.3 is 20.3 Å². The molecule has 1 heterocycles. The number of carbonyl (C=O) groups is 1. The van der Waals surface area contributed by atoms with E-state index < -0.39 is 0 Å². The average Bonchev–Trinajstić information content (AvgIpc) is 2.34. The number of hydrogen-bond acceptors (Lipinski definition) is 5. The summed E-state index contributed by atoms with van der Waals surface area (Å²) in [6, 6.07) is -0.365. The van der Waals surface area contributed by atoms with Crippen molar-refractivity contribution in [1.29, 1.82) is 0 Å². The molecule has 1 aliphatic rings. The SMILES string of the molecule is CSCCC(N)C(=O)N1CCOC(CN(C)C)C1.Cl. The molecule has 2 unspecified atom stereocenters. The highest BCUT2D eigenvalue weighted by Gasteiger charge is 2.27. The third-order valence-corrected chi connectivity index (χ3v) is 3.61. The topological polar surface area (TPSA) is 58.8 Å². The lowest BCUT2D eigenvalue weighted by Crippen LogP contribution is -2.53. The number of halogens is 1. The molecule has 1 saturated heterocycles. The lowest BCUT2D eigenvalue weighted by atomic mass is 10.2. The van der Waals surface area contributed by atoms with Crippen LogP contribution in [0.15, 0.2) is 0 Å². The van der Waals surface area contributed by atoms with Gasteiger partial charge in [-0.3, -0.25) is 4.79 Å². The number of nitrogens with zero attached hydrogens (tertiary/aromatic N) is 2. The molecule has 0 aliphatic carbocycles. The van der Waals surface area contributed by atoms with Gasteiger partial charge in [-0.1, -0.05) is 0 Å². The van der Waals surface area contributed by atoms with E-state index in [1.807, 2.05) is 25.3 Å². The van der Waals surface area contributed by atoms with Crippen LogP contribution in [0.1, 0.15) is 6.42 Å². The molecule has 2 N–H and O–H groups in total. The van der Waals surface area contributed by atoms with Crippen LogP contribution in [0.25, 0.3) is 0 Å². The summed E-state index contributed by atoms with van der Waals surface area (Å²) in [6.45, 7) is 2.77. The molecular formula is C12H26ClN3O2S. The third-order valence-electron chi connectivity index (χ3n) is 2.97. The molecule has 0 saturated carbocycles. The highest BCUT2D eigenvalue weighted by Crippen LogP contribution is 2.09. The number of hydrogen-bond donors (Lipinski definition) is 1. The minimum Gasteiger partial charge on any atom is -0.373 e. The Bertz CT molecular complexity index is 269. The Morgan fingerprint density at radius 2 is 2.26 bits per heavy atom. The minimum atomic E-state index is -0.365. The minimum absolute atomic E-state index is 0. The molecule has 0 aromatic rings. The van der Waals surface area contributed by atoms with Crippen molar-refractivity contribution in [3.05, 3.63) is 0 Å². The summed E-state index contributed by atoms with van der Waals surface area (Å²) in [5.74, 6) is 0.995. The largest absolute Gasteiger partial charge is 0.373 e. The van der Waals surface area contributed by atoms with Crippen molar-refractivity contribution in [1.82, 2.24) is 9.80 Å². The molecule has 114 valence electrons. The van der Waals surface area contributed by atoms with E-state index in [2.05, 4.69) is 4.90 Å². The Hall–Kier alpha value is -0.0100. The van der Waals surface area contributed by atoms with Gasteiger partial charge in [-0.2, -0.15) is 11.8 Å². The van der Waals surface area contributed by atoms with Crippen molar-refractivity contribution in [2.75, 3.05) is 52.3 Å². The van der Waals surface area contributed by atoms with Crippen molar-refractivity contribution in [2.24, 2.45) is 5.73 Å². The molecule has 19 heavy (non-hydrogen) atoms. The molecule has 2 atom stereocenters. The van der Waals surface area contributed by atoms with Crippen LogP contribution in [0.2, 0.25) is 0 Å². The Morgan fingerprint density at radius 1 is 1.58 bits per heavy atom. The van der Waals surface area contributed by atoms with E-state index in [-0.39, 0.29) is 30.5 Å². The number of rotatable bonds is 6. The Balaban J connectivity index is 0.00000324. The van der Waals surface area contributed by atoms with Crippen LogP contribution >= 0.6 is 24.2 Å². The molecule has 5 nitrogen and oxygen atoms in total. The maximum Gasteiger partial charge on any atom is 0.239 e. The summed E-state index contributed by atoms with van der Waals surface area (Å²) in [7, 11) is 4.02. The van der Waals surface area contributed by atoms with Gasteiger partial charge in [0.15, 0.2) is 0 Å². The van der Waals surface area contributed by atoms with Gasteiger partial charge in [-0.25, -0.2) is 0 Å². The summed E-state index contributed by atoms with van der Waals surface area (Å²) in [5.41, 5.74) is 5.93. The van der Waals surface area contributed by atoms with Crippen LogP contribution in [0.5, 0.6) is 0 Å². The Labute approximate surface area is 126 Å². The maximum absolute atomic E-state index is 12.2. The van der Waals surface area contributed by atoms with E-state index in [9.17, 15) is 4.79 Å². The summed E-state index contributed by atoms with van der Waals surface area (Å²) < 4.78 is 5.65. The molecule has 0 aromatic heterocycles. The Morgan fingerprint density at radius 3 is 2.84 bits per heavy atom. The van der Waals surface area contributed by atoms with Crippen LogP contribution in [-0.4, -0.2) is 80.2 Å². The van der Waals surface area contributed by atoms with Gasteiger partial charge in [0.25, 0.3) is 0 Å². The quantitative estimate of drug-likeness (QED) is 0.763. The lowest BCUT2D eigenvalue weighted by Gasteiger charge is -2.35. The number of nitrogens with two attached hydrogens (primary N) is 1. The van der Waals surface area contributed by atoms with Crippen molar-refractivity contribution in [3.63, 3.8) is 0 Å². The summed E-state index contributed by atoms with van der Waals surface area (Å²) in [6.07, 6.45) is 2.87. The predicted molar refractivity (Wildman–Crippen MR) is 83.1 cm³/mol. The molecule has 1 amide bonds. The fourth-order valence-electron chi connectivity index (χ4n) is 2.04. The summed E-state index contributed by atoms with van der Waals surface area (Å²) in [5, 5.41) is 0. The Kier molecular flexibility index (Phi) is 9.82. The summed E-state index contributed by atoms with van der Waals surface area (Å²) >= 11 is 1.72. The second kappa shape index (κ2) is 9.83. The van der Waals surface area contributed by atoms with E-state index in [4.69, 9.17) is 10.5 Å². The molecule has 0 bridgehead atoms. The summed E-state index contributed by atoms with van der Waals surface area (Å²) in [4.78, 5) is 16.1. The first-order valence-corrected chi connectivity index (χ1v) is 7.73. The zero-order chi connectivity index (χ0) is 13.5. The standard InChI is InChI=1S/C12H25N3O2S.ClH/c1-14(2)8-10-9-15(5-6-17-10)12(16)11(13)4-7-18-3;/h10-11H,4-9,13H2,1-3H3;1H. The second-order valence-electron chi connectivity index (χ2n) is 4.93. The van der Waals surface area contributed by atoms with Gasteiger partial charge >= 0.3 is 0 Å². The fourth-order valence-corrected chi connectivity index (χ4v) is 2.53. The molecule has 1 aliphatic heterocycles. The highest BCUT2D eigenvalue weighted by molar-refractivity contribution is 7.98. The smallest absolute Gasteiger partial charge is 0.239 e. The normalized spacial score (nSPS) is 21.1. The molecule has 0 spiro atoms. The van der Waals surface area contributed by atoms with Crippen LogP contribution in [0, 0.1) is 0 Å². The zero-order valence-corrected chi connectivity index (χ0v) is 13.6. The maximum atomic E-state index is 12.2. The van der Waals surface area contributed by atoms with Crippen LogP contribution in [0.4, 0.5) is 0 Å². The van der Waals surface area contributed by atoms with Crippen molar-refractivity contribution >= 4 is 30.1 Å². The first-order valence-electron chi connectivity index (χ1n) is 6.34. The number of thioether (sulfide) groups is 1. The van der Waals surface area contributed by atoms with E-state index in [0.29, 0.717) is 19.7 Å². The van der Waals surface area contributed by atoms with E-state index in [0.717, 1.165) is 18.7 Å². The number of likely N-dealkylation sites (N-methyl/N-ethyl adjacent to an activating group) is 1. The van der Waals surface area contributed by atoms with Gasteiger partial charge in [-0.15, -0.1) is 12.4 Å². The molecule has 0 radical (unpaired) electrons. The molecule has 1 rings (SSSR count). The first kappa shape index (κ1) is 19.0. The first-order chi connectivity index (χ1) is 8.54. The lowest BCUT2D eigenvalue weighted by molar-refractivity contribution is -0.140. The van der Waals surface area contributed by atoms with Crippen LogP contribution < -0.4 is 5.73 Å². The van der Waals surface area contributed by atoms with E-state index in [1.165, 1.54) is 0 Å². The monoisotopic (exact) mass is 311 g/mol. The van der Waals surface area contributed by atoms with E-state index >= 15 is 0 Å². The van der Waals surface area contributed by atoms with Crippen molar-refractivity contribution < 1.29 is 9.53 Å². The molecule has 0 aromatic carbocycles. The number of ether oxygens (including phenoxy) is 1. The van der Waals surface area contributed by atoms with Gasteiger partial charge in [0.1, 0.15) is 0 Å². The zero-order valence-electron chi connectivity index (χ0n) is 12.0. The molecular weight excluding hydrogens is 286 g/mol. The number of amides is 1. The average molecular weight is 312 g/mol. The van der Waals surface area contributed by atoms with Gasteiger partial charge in [0.05, 0.1) is 18.8 Å². The third kappa shape index (κ3) is 6.81. The predicted octanol–water partition coefficient (Wildman–Crippen LogP) is 0.278. The van der Waals surface area contributed by atoms with E-state index in [1.54, 1.807) is 11.8 Å². The van der Waals surface area contributed by atoms with Crippen LogP contribution in [-0.2, 0) is 9.53 Å². The van der Waals surface area contributed by atoms with Crippen molar-refractivity contribution in [3.8, 4) is 0 Å². The van der Waals surface area contributed by atoms with Gasteiger partial charge in [-0.05, 0) is 32.5 Å².